The number of ether oxygens (including phenoxy) is 1. The third-order valence-electron chi connectivity index (χ3n) is 5.13. The Bertz CT molecular complexity index is 817. The van der Waals surface area contributed by atoms with Gasteiger partial charge in [-0.2, -0.15) is 0 Å². The number of likely N-dealkylation sites (tertiary alicyclic amines) is 1. The van der Waals surface area contributed by atoms with Crippen molar-refractivity contribution in [2.24, 2.45) is 0 Å². The Morgan fingerprint density at radius 2 is 1.79 bits per heavy atom. The van der Waals surface area contributed by atoms with E-state index in [1.165, 1.54) is 12.0 Å². The van der Waals surface area contributed by atoms with E-state index in [0.29, 0.717) is 11.7 Å². The molecule has 0 aliphatic carbocycles. The maximum absolute atomic E-state index is 12.7. The predicted octanol–water partition coefficient (Wildman–Crippen LogP) is 3.53. The van der Waals surface area contributed by atoms with Crippen molar-refractivity contribution >= 4 is 23.2 Å². The highest BCUT2D eigenvalue weighted by Crippen LogP contribution is 2.14. The molecule has 0 aromatic heterocycles. The number of thiocarbonyl (C=S) groups is 1. The quantitative estimate of drug-likeness (QED) is 0.683. The number of piperidine rings is 1. The second kappa shape index (κ2) is 10.8. The molecule has 154 valence electrons. The van der Waals surface area contributed by atoms with Crippen molar-refractivity contribution < 1.29 is 9.53 Å². The highest BCUT2D eigenvalue weighted by molar-refractivity contribution is 7.80. The lowest BCUT2D eigenvalue weighted by atomic mass is 10.1. The number of methoxy groups -OCH3 is 1. The van der Waals surface area contributed by atoms with Gasteiger partial charge in [0.25, 0.3) is 5.91 Å². The predicted molar refractivity (Wildman–Crippen MR) is 120 cm³/mol. The molecule has 2 aromatic rings. The summed E-state index contributed by atoms with van der Waals surface area (Å²) in [6.45, 7) is 3.08. The lowest BCUT2D eigenvalue weighted by Gasteiger charge is -2.26. The van der Waals surface area contributed by atoms with Gasteiger partial charge in [0.2, 0.25) is 0 Å². The normalized spacial score (nSPS) is 13.6. The van der Waals surface area contributed by atoms with Crippen LogP contribution in [0.25, 0.3) is 0 Å². The van der Waals surface area contributed by atoms with Gasteiger partial charge < -0.3 is 20.3 Å². The zero-order chi connectivity index (χ0) is 20.5. The Kier molecular flexibility index (Phi) is 7.87. The second-order valence-corrected chi connectivity index (χ2v) is 7.67. The zero-order valence-electron chi connectivity index (χ0n) is 16.9. The monoisotopic (exact) mass is 411 g/mol. The average Bonchev–Trinajstić information content (AvgIpc) is 2.78. The first-order chi connectivity index (χ1) is 14.2. The van der Waals surface area contributed by atoms with Crippen LogP contribution in [0.15, 0.2) is 48.5 Å². The number of carbonyl (C=O) groups excluding carboxylic acids is 1. The van der Waals surface area contributed by atoms with Gasteiger partial charge in [0.15, 0.2) is 5.11 Å². The topological polar surface area (TPSA) is 53.6 Å². The maximum Gasteiger partial charge on any atom is 0.253 e. The summed E-state index contributed by atoms with van der Waals surface area (Å²) in [6.07, 6.45) is 4.30. The SMILES string of the molecule is COc1ccc(CCNC(=S)NCc2cccc(C(=O)N3CCCCC3)c2)cc1. The number of rotatable bonds is 7. The van der Waals surface area contributed by atoms with Gasteiger partial charge in [-0.05, 0) is 73.3 Å². The van der Waals surface area contributed by atoms with Crippen LogP contribution in [0.5, 0.6) is 5.75 Å². The molecule has 2 aromatic carbocycles. The summed E-state index contributed by atoms with van der Waals surface area (Å²) in [5.41, 5.74) is 3.03. The molecular weight excluding hydrogens is 382 g/mol. The van der Waals surface area contributed by atoms with E-state index in [1.807, 2.05) is 41.3 Å². The Morgan fingerprint density at radius 1 is 1.03 bits per heavy atom. The molecule has 2 N–H and O–H groups in total. The second-order valence-electron chi connectivity index (χ2n) is 7.26. The van der Waals surface area contributed by atoms with Gasteiger partial charge in [-0.1, -0.05) is 24.3 Å². The van der Waals surface area contributed by atoms with E-state index < -0.39 is 0 Å². The molecule has 1 aliphatic heterocycles. The third kappa shape index (κ3) is 6.46. The lowest BCUT2D eigenvalue weighted by Crippen LogP contribution is -2.36. The number of carbonyl (C=O) groups is 1. The van der Waals surface area contributed by atoms with Crippen LogP contribution >= 0.6 is 12.2 Å². The summed E-state index contributed by atoms with van der Waals surface area (Å²) < 4.78 is 5.17. The zero-order valence-corrected chi connectivity index (χ0v) is 17.8. The van der Waals surface area contributed by atoms with Crippen molar-refractivity contribution in [3.05, 3.63) is 65.2 Å². The molecular formula is C23H29N3O2S. The highest BCUT2D eigenvalue weighted by atomic mass is 32.1. The van der Waals surface area contributed by atoms with Crippen LogP contribution in [0.2, 0.25) is 0 Å². The van der Waals surface area contributed by atoms with Crippen LogP contribution in [0.3, 0.4) is 0 Å². The molecule has 0 bridgehead atoms. The van der Waals surface area contributed by atoms with Crippen molar-refractivity contribution in [2.45, 2.75) is 32.2 Å². The molecule has 6 heteroatoms. The summed E-state index contributed by atoms with van der Waals surface area (Å²) >= 11 is 5.38. The van der Waals surface area contributed by atoms with Crippen molar-refractivity contribution in [1.82, 2.24) is 15.5 Å². The Morgan fingerprint density at radius 3 is 2.52 bits per heavy atom. The number of nitrogens with zero attached hydrogens (tertiary/aromatic N) is 1. The van der Waals surface area contributed by atoms with Gasteiger partial charge in [-0.15, -0.1) is 0 Å². The van der Waals surface area contributed by atoms with Crippen LogP contribution in [0.1, 0.15) is 40.7 Å². The van der Waals surface area contributed by atoms with Crippen molar-refractivity contribution in [3.8, 4) is 5.75 Å². The van der Waals surface area contributed by atoms with Crippen molar-refractivity contribution in [3.63, 3.8) is 0 Å². The summed E-state index contributed by atoms with van der Waals surface area (Å²) in [5.74, 6) is 0.992. The molecule has 0 saturated carbocycles. The molecule has 0 atom stereocenters. The molecule has 1 fully saturated rings. The van der Waals surface area contributed by atoms with Crippen LogP contribution in [-0.4, -0.2) is 42.7 Å². The van der Waals surface area contributed by atoms with E-state index in [1.54, 1.807) is 7.11 Å². The smallest absolute Gasteiger partial charge is 0.253 e. The minimum atomic E-state index is 0.131. The van der Waals surface area contributed by atoms with Gasteiger partial charge in [0, 0.05) is 31.7 Å². The molecule has 1 aliphatic rings. The Labute approximate surface area is 178 Å². The van der Waals surface area contributed by atoms with Crippen molar-refractivity contribution in [2.75, 3.05) is 26.7 Å². The number of benzene rings is 2. The molecule has 1 saturated heterocycles. The minimum absolute atomic E-state index is 0.131. The van der Waals surface area contributed by atoms with E-state index in [4.69, 9.17) is 17.0 Å². The van der Waals surface area contributed by atoms with E-state index in [0.717, 1.165) is 55.8 Å². The summed E-state index contributed by atoms with van der Waals surface area (Å²) in [4.78, 5) is 14.6. The molecule has 5 nitrogen and oxygen atoms in total. The summed E-state index contributed by atoms with van der Waals surface area (Å²) in [6, 6.07) is 15.8. The molecule has 1 amide bonds. The minimum Gasteiger partial charge on any atom is -0.497 e. The molecule has 0 radical (unpaired) electrons. The van der Waals surface area contributed by atoms with Crippen LogP contribution in [0.4, 0.5) is 0 Å². The first kappa shape index (κ1) is 21.1. The third-order valence-corrected chi connectivity index (χ3v) is 5.42. The lowest BCUT2D eigenvalue weighted by molar-refractivity contribution is 0.0724. The fourth-order valence-electron chi connectivity index (χ4n) is 3.45. The van der Waals surface area contributed by atoms with Gasteiger partial charge >= 0.3 is 0 Å². The first-order valence-electron chi connectivity index (χ1n) is 10.2. The van der Waals surface area contributed by atoms with Gasteiger partial charge in [0.05, 0.1) is 7.11 Å². The van der Waals surface area contributed by atoms with Crippen LogP contribution in [0, 0.1) is 0 Å². The van der Waals surface area contributed by atoms with Crippen molar-refractivity contribution in [1.29, 1.82) is 0 Å². The van der Waals surface area contributed by atoms with Crippen LogP contribution < -0.4 is 15.4 Å². The number of nitrogens with one attached hydrogen (secondary N) is 2. The van der Waals surface area contributed by atoms with E-state index in [-0.39, 0.29) is 5.91 Å². The fraction of sp³-hybridized carbons (Fsp3) is 0.391. The van der Waals surface area contributed by atoms with E-state index in [9.17, 15) is 4.79 Å². The standard InChI is InChI=1S/C23H29N3O2S/c1-28-21-10-8-18(9-11-21)12-13-24-23(29)25-17-19-6-5-7-20(16-19)22(27)26-14-3-2-4-15-26/h5-11,16H,2-4,12-15,17H2,1H3,(H2,24,25,29). The van der Waals surface area contributed by atoms with Gasteiger partial charge in [-0.25, -0.2) is 0 Å². The first-order valence-corrected chi connectivity index (χ1v) is 10.6. The number of hydrogen-bond acceptors (Lipinski definition) is 3. The Balaban J connectivity index is 1.43. The van der Waals surface area contributed by atoms with Gasteiger partial charge in [-0.3, -0.25) is 4.79 Å². The highest BCUT2D eigenvalue weighted by Gasteiger charge is 2.18. The largest absolute Gasteiger partial charge is 0.497 e. The van der Waals surface area contributed by atoms with Gasteiger partial charge in [0.1, 0.15) is 5.75 Å². The van der Waals surface area contributed by atoms with E-state index in [2.05, 4.69) is 22.8 Å². The molecule has 0 spiro atoms. The maximum atomic E-state index is 12.7. The van der Waals surface area contributed by atoms with Crippen LogP contribution in [-0.2, 0) is 13.0 Å². The summed E-state index contributed by atoms with van der Waals surface area (Å²) in [7, 11) is 1.67. The van der Waals surface area contributed by atoms with E-state index >= 15 is 0 Å². The Hall–Kier alpha value is -2.60. The summed E-state index contributed by atoms with van der Waals surface area (Å²) in [5, 5.41) is 7.07. The molecule has 1 heterocycles. The molecule has 3 rings (SSSR count). The number of hydrogen-bond donors (Lipinski definition) is 2. The molecule has 0 unspecified atom stereocenters. The fourth-order valence-corrected chi connectivity index (χ4v) is 3.63. The number of amides is 1. The average molecular weight is 412 g/mol. The molecule has 29 heavy (non-hydrogen) atoms.